The van der Waals surface area contributed by atoms with Crippen LogP contribution in [0.3, 0.4) is 0 Å². The molecule has 7 heteroatoms. The molecular formula is C18H21N3O3S. The SMILES string of the molecule is CN(C(=O)CN1c2cccc3cccc(c23)S1(=O)=O)C1CCNCC1. The molecule has 0 aromatic heterocycles. The molecule has 0 bridgehead atoms. The quantitative estimate of drug-likeness (QED) is 0.903. The van der Waals surface area contributed by atoms with Gasteiger partial charge in [0.05, 0.1) is 10.6 Å². The number of anilines is 1. The third-order valence-corrected chi connectivity index (χ3v) is 7.01. The average molecular weight is 359 g/mol. The van der Waals surface area contributed by atoms with E-state index in [1.807, 2.05) is 18.2 Å². The number of hydrogen-bond donors (Lipinski definition) is 1. The van der Waals surface area contributed by atoms with E-state index in [-0.39, 0.29) is 23.4 Å². The van der Waals surface area contributed by atoms with Crippen LogP contribution in [-0.4, -0.2) is 51.9 Å². The van der Waals surface area contributed by atoms with Gasteiger partial charge >= 0.3 is 0 Å². The van der Waals surface area contributed by atoms with Crippen LogP contribution in [0.4, 0.5) is 5.69 Å². The molecule has 6 nitrogen and oxygen atoms in total. The minimum Gasteiger partial charge on any atom is -0.341 e. The van der Waals surface area contributed by atoms with Gasteiger partial charge in [0, 0.05) is 18.5 Å². The second-order valence-electron chi connectivity index (χ2n) is 6.63. The van der Waals surface area contributed by atoms with E-state index < -0.39 is 10.0 Å². The molecular weight excluding hydrogens is 338 g/mol. The molecule has 2 aromatic carbocycles. The van der Waals surface area contributed by atoms with E-state index in [9.17, 15) is 13.2 Å². The number of likely N-dealkylation sites (N-methyl/N-ethyl adjacent to an activating group) is 1. The van der Waals surface area contributed by atoms with E-state index in [1.54, 1.807) is 30.1 Å². The Labute approximate surface area is 147 Å². The zero-order chi connectivity index (χ0) is 17.6. The number of nitrogens with zero attached hydrogens (tertiary/aromatic N) is 2. The molecule has 0 atom stereocenters. The van der Waals surface area contributed by atoms with Crippen molar-refractivity contribution in [3.63, 3.8) is 0 Å². The molecule has 2 aliphatic heterocycles. The molecule has 25 heavy (non-hydrogen) atoms. The summed E-state index contributed by atoms with van der Waals surface area (Å²) < 4.78 is 27.1. The van der Waals surface area contributed by atoms with E-state index in [0.29, 0.717) is 11.1 Å². The summed E-state index contributed by atoms with van der Waals surface area (Å²) in [6, 6.07) is 10.9. The second-order valence-corrected chi connectivity index (χ2v) is 8.46. The zero-order valence-electron chi connectivity index (χ0n) is 14.1. The van der Waals surface area contributed by atoms with E-state index in [1.165, 1.54) is 4.31 Å². The Morgan fingerprint density at radius 1 is 1.20 bits per heavy atom. The first kappa shape index (κ1) is 16.4. The number of hydrogen-bond acceptors (Lipinski definition) is 4. The predicted molar refractivity (Wildman–Crippen MR) is 97.1 cm³/mol. The molecule has 2 aliphatic rings. The Bertz CT molecular complexity index is 930. The van der Waals surface area contributed by atoms with Gasteiger partial charge in [-0.05, 0) is 43.5 Å². The van der Waals surface area contributed by atoms with Gasteiger partial charge in [-0.3, -0.25) is 9.10 Å². The van der Waals surface area contributed by atoms with Gasteiger partial charge in [0.25, 0.3) is 10.0 Å². The Morgan fingerprint density at radius 2 is 1.88 bits per heavy atom. The molecule has 0 unspecified atom stereocenters. The van der Waals surface area contributed by atoms with E-state index in [2.05, 4.69) is 5.32 Å². The van der Waals surface area contributed by atoms with Crippen molar-refractivity contribution in [2.75, 3.05) is 31.0 Å². The molecule has 1 amide bonds. The van der Waals surface area contributed by atoms with E-state index in [4.69, 9.17) is 0 Å². The standard InChI is InChI=1S/C18H21N3O3S/c1-20(14-8-10-19-11-9-14)17(22)12-21-15-6-2-4-13-5-3-7-16(18(13)15)25(21,23)24/h2-7,14,19H,8-12H2,1H3. The highest BCUT2D eigenvalue weighted by atomic mass is 32.2. The normalized spacial score (nSPS) is 19.3. The maximum Gasteiger partial charge on any atom is 0.265 e. The van der Waals surface area contributed by atoms with Crippen LogP contribution >= 0.6 is 0 Å². The fourth-order valence-corrected chi connectivity index (χ4v) is 5.42. The first-order valence-electron chi connectivity index (χ1n) is 8.51. The number of piperidine rings is 1. The van der Waals surface area contributed by atoms with E-state index >= 15 is 0 Å². The Morgan fingerprint density at radius 3 is 2.60 bits per heavy atom. The van der Waals surface area contributed by atoms with Crippen molar-refractivity contribution in [2.45, 2.75) is 23.8 Å². The minimum absolute atomic E-state index is 0.156. The highest BCUT2D eigenvalue weighted by Gasteiger charge is 2.37. The molecule has 0 radical (unpaired) electrons. The topological polar surface area (TPSA) is 69.7 Å². The Kier molecular flexibility index (Phi) is 3.92. The lowest BCUT2D eigenvalue weighted by Gasteiger charge is -2.32. The number of carbonyl (C=O) groups excluding carboxylic acids is 1. The van der Waals surface area contributed by atoms with Gasteiger partial charge in [-0.25, -0.2) is 8.42 Å². The lowest BCUT2D eigenvalue weighted by Crippen LogP contribution is -2.47. The fourth-order valence-electron chi connectivity index (χ4n) is 3.76. The molecule has 2 aromatic rings. The smallest absolute Gasteiger partial charge is 0.265 e. The van der Waals surface area contributed by atoms with Crippen molar-refractivity contribution >= 4 is 32.4 Å². The van der Waals surface area contributed by atoms with Gasteiger partial charge in [0.2, 0.25) is 5.91 Å². The lowest BCUT2D eigenvalue weighted by atomic mass is 10.1. The molecule has 0 aliphatic carbocycles. The van der Waals surface area contributed by atoms with Crippen molar-refractivity contribution in [3.05, 3.63) is 36.4 Å². The summed E-state index contributed by atoms with van der Waals surface area (Å²) in [7, 11) is -1.91. The molecule has 2 heterocycles. The predicted octanol–water partition coefficient (Wildman–Crippen LogP) is 1.56. The highest BCUT2D eigenvalue weighted by Crippen LogP contribution is 2.41. The largest absolute Gasteiger partial charge is 0.341 e. The van der Waals surface area contributed by atoms with E-state index in [0.717, 1.165) is 31.3 Å². The Hall–Kier alpha value is -2.12. The summed E-state index contributed by atoms with van der Waals surface area (Å²) in [4.78, 5) is 14.8. The molecule has 4 rings (SSSR count). The number of benzene rings is 2. The number of rotatable bonds is 3. The van der Waals surface area contributed by atoms with Crippen LogP contribution in [0.25, 0.3) is 10.8 Å². The molecule has 1 saturated heterocycles. The van der Waals surface area contributed by atoms with Crippen molar-refractivity contribution in [2.24, 2.45) is 0 Å². The van der Waals surface area contributed by atoms with Crippen LogP contribution in [-0.2, 0) is 14.8 Å². The van der Waals surface area contributed by atoms with Gasteiger partial charge in [-0.2, -0.15) is 0 Å². The summed E-state index contributed by atoms with van der Waals surface area (Å²) in [5, 5.41) is 4.86. The average Bonchev–Trinajstić information content (AvgIpc) is 2.85. The first-order chi connectivity index (χ1) is 12.0. The number of amides is 1. The third kappa shape index (κ3) is 2.58. The molecule has 132 valence electrons. The van der Waals surface area contributed by atoms with Crippen molar-refractivity contribution in [1.29, 1.82) is 0 Å². The van der Waals surface area contributed by atoms with Gasteiger partial charge in [0.15, 0.2) is 0 Å². The molecule has 0 saturated carbocycles. The van der Waals surface area contributed by atoms with Gasteiger partial charge < -0.3 is 10.2 Å². The maximum atomic E-state index is 12.9. The summed E-state index contributed by atoms with van der Waals surface area (Å²) in [6.07, 6.45) is 1.79. The number of carbonyl (C=O) groups is 1. The van der Waals surface area contributed by atoms with Crippen LogP contribution in [0.2, 0.25) is 0 Å². The van der Waals surface area contributed by atoms with Gasteiger partial charge in [-0.15, -0.1) is 0 Å². The molecule has 1 fully saturated rings. The van der Waals surface area contributed by atoms with Crippen LogP contribution in [0.15, 0.2) is 41.3 Å². The zero-order valence-corrected chi connectivity index (χ0v) is 14.9. The number of sulfonamides is 1. The van der Waals surface area contributed by atoms with Gasteiger partial charge in [-0.1, -0.05) is 24.3 Å². The number of nitrogens with one attached hydrogen (secondary N) is 1. The monoisotopic (exact) mass is 359 g/mol. The van der Waals surface area contributed by atoms with Crippen molar-refractivity contribution < 1.29 is 13.2 Å². The minimum atomic E-state index is -3.68. The highest BCUT2D eigenvalue weighted by molar-refractivity contribution is 7.93. The molecule has 0 spiro atoms. The fraction of sp³-hybridized carbons (Fsp3) is 0.389. The van der Waals surface area contributed by atoms with Crippen LogP contribution in [0.1, 0.15) is 12.8 Å². The summed E-state index contributed by atoms with van der Waals surface area (Å²) in [6.45, 7) is 1.61. The lowest BCUT2D eigenvalue weighted by molar-refractivity contribution is -0.130. The van der Waals surface area contributed by atoms with Crippen molar-refractivity contribution in [1.82, 2.24) is 10.2 Å². The van der Waals surface area contributed by atoms with Crippen LogP contribution in [0.5, 0.6) is 0 Å². The summed E-state index contributed by atoms with van der Waals surface area (Å²) >= 11 is 0. The third-order valence-electron chi connectivity index (χ3n) is 5.21. The van der Waals surface area contributed by atoms with Gasteiger partial charge in [0.1, 0.15) is 6.54 Å². The first-order valence-corrected chi connectivity index (χ1v) is 9.95. The van der Waals surface area contributed by atoms with Crippen molar-refractivity contribution in [3.8, 4) is 0 Å². The molecule has 1 N–H and O–H groups in total. The van der Waals surface area contributed by atoms with Crippen LogP contribution in [0, 0.1) is 0 Å². The Balaban J connectivity index is 1.65. The summed E-state index contributed by atoms with van der Waals surface area (Å²) in [5.74, 6) is -0.166. The van der Waals surface area contributed by atoms with Crippen LogP contribution < -0.4 is 9.62 Å². The summed E-state index contributed by atoms with van der Waals surface area (Å²) in [5.41, 5.74) is 0.597. The maximum absolute atomic E-state index is 12.9. The second kappa shape index (κ2) is 6.00.